The van der Waals surface area contributed by atoms with Gasteiger partial charge >= 0.3 is 12.0 Å². The summed E-state index contributed by atoms with van der Waals surface area (Å²) in [5.74, 6) is -0.470. The molecule has 15 heavy (non-hydrogen) atoms. The number of carbonyl (C=O) groups is 2. The fraction of sp³-hybridized carbons (Fsp3) is 0.778. The highest BCUT2D eigenvalue weighted by Crippen LogP contribution is 1.85. The van der Waals surface area contributed by atoms with E-state index < -0.39 is 12.0 Å². The highest BCUT2D eigenvalue weighted by Gasteiger charge is 2.14. The maximum absolute atomic E-state index is 11.2. The lowest BCUT2D eigenvalue weighted by Crippen LogP contribution is -2.45. The molecule has 0 bridgehead atoms. The molecular formula is C9H18N2O4. The van der Waals surface area contributed by atoms with Crippen LogP contribution in [0, 0.1) is 0 Å². The maximum Gasteiger partial charge on any atom is 0.328 e. The smallest absolute Gasteiger partial charge is 0.328 e. The Hall–Kier alpha value is -1.30. The summed E-state index contributed by atoms with van der Waals surface area (Å²) in [6, 6.07) is -1.03. The summed E-state index contributed by atoms with van der Waals surface area (Å²) in [7, 11) is 2.87. The normalized spacial score (nSPS) is 11.7. The Morgan fingerprint density at radius 3 is 2.53 bits per heavy atom. The molecule has 0 saturated carbocycles. The Balaban J connectivity index is 3.60. The van der Waals surface area contributed by atoms with Gasteiger partial charge in [0.25, 0.3) is 0 Å². The average Bonchev–Trinajstić information content (AvgIpc) is 2.23. The molecule has 0 spiro atoms. The largest absolute Gasteiger partial charge is 0.467 e. The van der Waals surface area contributed by atoms with Gasteiger partial charge in [-0.15, -0.1) is 0 Å². The maximum atomic E-state index is 11.2. The van der Waals surface area contributed by atoms with Crippen molar-refractivity contribution in [2.24, 2.45) is 0 Å². The van der Waals surface area contributed by atoms with E-state index in [1.54, 1.807) is 14.0 Å². The van der Waals surface area contributed by atoms with E-state index >= 15 is 0 Å². The van der Waals surface area contributed by atoms with Crippen LogP contribution < -0.4 is 10.6 Å². The molecule has 0 aromatic carbocycles. The van der Waals surface area contributed by atoms with Gasteiger partial charge in [0.05, 0.1) is 7.11 Å². The van der Waals surface area contributed by atoms with Gasteiger partial charge < -0.3 is 20.1 Å². The molecule has 88 valence electrons. The minimum atomic E-state index is -0.641. The van der Waals surface area contributed by atoms with Crippen molar-refractivity contribution in [3.05, 3.63) is 0 Å². The highest BCUT2D eigenvalue weighted by molar-refractivity contribution is 5.83. The number of urea groups is 1. The molecule has 0 aromatic heterocycles. The molecule has 0 aliphatic rings. The summed E-state index contributed by atoms with van der Waals surface area (Å²) in [4.78, 5) is 22.1. The fourth-order valence-corrected chi connectivity index (χ4v) is 0.902. The number of rotatable bonds is 6. The van der Waals surface area contributed by atoms with Crippen molar-refractivity contribution in [1.29, 1.82) is 0 Å². The Bertz CT molecular complexity index is 208. The molecule has 0 aliphatic carbocycles. The molecule has 2 amide bonds. The van der Waals surface area contributed by atoms with Crippen molar-refractivity contribution < 1.29 is 19.1 Å². The van der Waals surface area contributed by atoms with Gasteiger partial charge in [-0.1, -0.05) is 0 Å². The number of methoxy groups -OCH3 is 2. The molecule has 0 aromatic rings. The van der Waals surface area contributed by atoms with Crippen LogP contribution in [-0.4, -0.2) is 45.4 Å². The number of hydrogen-bond donors (Lipinski definition) is 2. The van der Waals surface area contributed by atoms with Crippen molar-refractivity contribution in [1.82, 2.24) is 10.6 Å². The lowest BCUT2D eigenvalue weighted by Gasteiger charge is -2.12. The van der Waals surface area contributed by atoms with Crippen molar-refractivity contribution in [3.8, 4) is 0 Å². The molecule has 0 fully saturated rings. The predicted octanol–water partition coefficient (Wildman–Crippen LogP) is -0.116. The second kappa shape index (κ2) is 8.05. The highest BCUT2D eigenvalue weighted by atomic mass is 16.5. The molecule has 2 N–H and O–H groups in total. The number of hydrogen-bond acceptors (Lipinski definition) is 4. The number of ether oxygens (including phenoxy) is 2. The van der Waals surface area contributed by atoms with E-state index in [9.17, 15) is 9.59 Å². The summed E-state index contributed by atoms with van der Waals surface area (Å²) in [6.45, 7) is 2.65. The van der Waals surface area contributed by atoms with Gasteiger partial charge in [0.15, 0.2) is 0 Å². The van der Waals surface area contributed by atoms with Crippen LogP contribution in [0.4, 0.5) is 4.79 Å². The van der Waals surface area contributed by atoms with Gasteiger partial charge in [0.1, 0.15) is 6.04 Å². The number of nitrogens with one attached hydrogen (secondary N) is 2. The first-order valence-corrected chi connectivity index (χ1v) is 4.73. The first-order valence-electron chi connectivity index (χ1n) is 4.73. The molecular weight excluding hydrogens is 200 g/mol. The van der Waals surface area contributed by atoms with Crippen LogP contribution in [0.3, 0.4) is 0 Å². The molecule has 1 atom stereocenters. The molecule has 0 unspecified atom stereocenters. The first kappa shape index (κ1) is 13.7. The van der Waals surface area contributed by atoms with E-state index in [0.717, 1.165) is 6.42 Å². The Labute approximate surface area is 89.3 Å². The predicted molar refractivity (Wildman–Crippen MR) is 54.5 cm³/mol. The lowest BCUT2D eigenvalue weighted by atomic mass is 10.3. The van der Waals surface area contributed by atoms with E-state index in [2.05, 4.69) is 15.4 Å². The summed E-state index contributed by atoms with van der Waals surface area (Å²) in [5.41, 5.74) is 0. The standard InChI is InChI=1S/C9H18N2O4/c1-7(8(12)15-3)11-9(13)10-5-4-6-14-2/h7H,4-6H2,1-3H3,(H2,10,11,13)/t7-/m0/s1. The average molecular weight is 218 g/mol. The lowest BCUT2D eigenvalue weighted by molar-refractivity contribution is -0.142. The zero-order valence-electron chi connectivity index (χ0n) is 9.33. The summed E-state index contributed by atoms with van der Waals surface area (Å²) < 4.78 is 9.27. The van der Waals surface area contributed by atoms with Crippen LogP contribution in [0.5, 0.6) is 0 Å². The molecule has 0 aliphatic heterocycles. The van der Waals surface area contributed by atoms with Crippen LogP contribution in [-0.2, 0) is 14.3 Å². The van der Waals surface area contributed by atoms with Crippen molar-refractivity contribution >= 4 is 12.0 Å². The monoisotopic (exact) mass is 218 g/mol. The van der Waals surface area contributed by atoms with E-state index in [4.69, 9.17) is 4.74 Å². The zero-order valence-corrected chi connectivity index (χ0v) is 9.33. The molecule has 0 radical (unpaired) electrons. The second-order valence-electron chi connectivity index (χ2n) is 2.99. The van der Waals surface area contributed by atoms with Crippen molar-refractivity contribution in [3.63, 3.8) is 0 Å². The summed E-state index contributed by atoms with van der Waals surface area (Å²) >= 11 is 0. The van der Waals surface area contributed by atoms with Gasteiger partial charge in [-0.2, -0.15) is 0 Å². The van der Waals surface area contributed by atoms with Crippen LogP contribution in [0.25, 0.3) is 0 Å². The van der Waals surface area contributed by atoms with E-state index in [1.165, 1.54) is 7.11 Å². The van der Waals surface area contributed by atoms with E-state index in [-0.39, 0.29) is 6.03 Å². The van der Waals surface area contributed by atoms with Crippen LogP contribution in [0.15, 0.2) is 0 Å². The minimum absolute atomic E-state index is 0.385. The third-order valence-electron chi connectivity index (χ3n) is 1.71. The number of amides is 2. The quantitative estimate of drug-likeness (QED) is 0.481. The minimum Gasteiger partial charge on any atom is -0.467 e. The van der Waals surface area contributed by atoms with Gasteiger partial charge in [-0.25, -0.2) is 9.59 Å². The third-order valence-corrected chi connectivity index (χ3v) is 1.71. The summed E-state index contributed by atoms with van der Waals surface area (Å²) in [6.07, 6.45) is 0.733. The Morgan fingerprint density at radius 1 is 1.33 bits per heavy atom. The van der Waals surface area contributed by atoms with E-state index in [0.29, 0.717) is 13.2 Å². The molecule has 6 heteroatoms. The summed E-state index contributed by atoms with van der Waals surface area (Å²) in [5, 5.41) is 5.03. The molecule has 0 saturated heterocycles. The Kier molecular flexibility index (Phi) is 7.35. The SMILES string of the molecule is COCCCNC(=O)N[C@@H](C)C(=O)OC. The van der Waals surface area contributed by atoms with E-state index in [1.807, 2.05) is 0 Å². The number of carbonyl (C=O) groups excluding carboxylic acids is 2. The Morgan fingerprint density at radius 2 is 2.00 bits per heavy atom. The van der Waals surface area contributed by atoms with Crippen LogP contribution >= 0.6 is 0 Å². The zero-order chi connectivity index (χ0) is 11.7. The van der Waals surface area contributed by atoms with Crippen molar-refractivity contribution in [2.75, 3.05) is 27.4 Å². The van der Waals surface area contributed by atoms with Gasteiger partial charge in [0.2, 0.25) is 0 Å². The van der Waals surface area contributed by atoms with Crippen LogP contribution in [0.2, 0.25) is 0 Å². The van der Waals surface area contributed by atoms with Gasteiger partial charge in [-0.05, 0) is 13.3 Å². The fourth-order valence-electron chi connectivity index (χ4n) is 0.902. The molecule has 0 heterocycles. The third kappa shape index (κ3) is 6.73. The first-order chi connectivity index (χ1) is 7.11. The van der Waals surface area contributed by atoms with Gasteiger partial charge in [0, 0.05) is 20.3 Å². The van der Waals surface area contributed by atoms with Crippen LogP contribution in [0.1, 0.15) is 13.3 Å². The topological polar surface area (TPSA) is 76.7 Å². The van der Waals surface area contributed by atoms with Crippen molar-refractivity contribution in [2.45, 2.75) is 19.4 Å². The second-order valence-corrected chi connectivity index (χ2v) is 2.99. The number of esters is 1. The molecule has 6 nitrogen and oxygen atoms in total. The molecule has 0 rings (SSSR count). The van der Waals surface area contributed by atoms with Gasteiger partial charge in [-0.3, -0.25) is 0 Å².